The molecule has 3 aromatic rings. The molecular weight excluding hydrogens is 822 g/mol. The highest BCUT2D eigenvalue weighted by atomic mass is 35.5. The van der Waals surface area contributed by atoms with Crippen LogP contribution in [0.1, 0.15) is 108 Å². The molecule has 3 N–H and O–H groups in total. The number of amidine groups is 1. The quantitative estimate of drug-likeness (QED) is 0.153. The molecular formula is C48H60ClN7O7. The maximum atomic E-state index is 14.0. The number of alkyl carbamates (subject to hydrolysis) is 1. The Bertz CT molecular complexity index is 2180. The smallest absolute Gasteiger partial charge is 0.410 e. The van der Waals surface area contributed by atoms with Crippen molar-refractivity contribution in [3.63, 3.8) is 0 Å². The average Bonchev–Trinajstić information content (AvgIpc) is 3.78. The van der Waals surface area contributed by atoms with E-state index in [1.165, 1.54) is 0 Å². The largest absolute Gasteiger partial charge is 0.444 e. The second kappa shape index (κ2) is 20.7. The lowest BCUT2D eigenvalue weighted by Gasteiger charge is -2.33. The number of nitrogens with one attached hydrogen (secondary N) is 3. The zero-order valence-electron chi connectivity index (χ0n) is 37.2. The van der Waals surface area contributed by atoms with E-state index in [1.807, 2.05) is 84.0 Å². The first-order chi connectivity index (χ1) is 29.9. The minimum absolute atomic E-state index is 0.0651. The third-order valence-corrected chi connectivity index (χ3v) is 11.7. The van der Waals surface area contributed by atoms with Crippen molar-refractivity contribution in [3.8, 4) is 11.1 Å². The van der Waals surface area contributed by atoms with Crippen molar-refractivity contribution >= 4 is 52.9 Å². The summed E-state index contributed by atoms with van der Waals surface area (Å²) < 4.78 is 10.9. The minimum atomic E-state index is -0.626. The van der Waals surface area contributed by atoms with Gasteiger partial charge < -0.3 is 30.3 Å². The van der Waals surface area contributed by atoms with Gasteiger partial charge in [-0.25, -0.2) is 14.6 Å². The molecule has 0 unspecified atom stereocenters. The van der Waals surface area contributed by atoms with Crippen LogP contribution >= 0.6 is 11.6 Å². The first-order valence-corrected chi connectivity index (χ1v) is 22.3. The SMILES string of the molecule is CC(C)(C)OC(=O)NCC1CCC(C(=O)C[C@@H](Cc2ccc(-c3ccc(C(=O)NC4CCN(C(=O)OC(C)(C)C)CC4)c(Cl)c3)cc2)C(=O)Nc2ccc(C3=NCN=N3)cc2)CC1. The Morgan fingerprint density at radius 3 is 2.03 bits per heavy atom. The molecule has 0 spiro atoms. The predicted octanol–water partition coefficient (Wildman–Crippen LogP) is 9.39. The summed E-state index contributed by atoms with van der Waals surface area (Å²) in [6.07, 6.45) is 3.87. The molecule has 14 nitrogen and oxygen atoms in total. The lowest BCUT2D eigenvalue weighted by molar-refractivity contribution is -0.129. The summed E-state index contributed by atoms with van der Waals surface area (Å²) in [5.74, 6) is -0.441. The summed E-state index contributed by atoms with van der Waals surface area (Å²) in [6.45, 7) is 12.8. The molecule has 3 aromatic carbocycles. The Morgan fingerprint density at radius 1 is 0.794 bits per heavy atom. The van der Waals surface area contributed by atoms with Crippen molar-refractivity contribution in [1.82, 2.24) is 15.5 Å². The van der Waals surface area contributed by atoms with Crippen molar-refractivity contribution in [1.29, 1.82) is 0 Å². The molecule has 1 atom stereocenters. The number of hydrogen-bond acceptors (Lipinski definition) is 10. The van der Waals surface area contributed by atoms with Gasteiger partial charge in [-0.1, -0.05) is 41.9 Å². The molecule has 0 bridgehead atoms. The summed E-state index contributed by atoms with van der Waals surface area (Å²) in [5.41, 5.74) is 3.21. The molecule has 4 amide bonds. The second-order valence-corrected chi connectivity index (χ2v) is 19.1. The fraction of sp³-hybridized carbons (Fsp3) is 0.500. The molecule has 6 rings (SSSR count). The first kappa shape index (κ1) is 46.9. The molecule has 336 valence electrons. The number of azo groups is 1. The number of halogens is 1. The van der Waals surface area contributed by atoms with Crippen LogP contribution in [0.4, 0.5) is 15.3 Å². The highest BCUT2D eigenvalue weighted by Gasteiger charge is 2.32. The number of amides is 4. The number of nitrogens with zero attached hydrogens (tertiary/aromatic N) is 4. The zero-order chi connectivity index (χ0) is 45.3. The maximum absolute atomic E-state index is 14.0. The van der Waals surface area contributed by atoms with Crippen LogP contribution in [-0.4, -0.2) is 84.1 Å². The summed E-state index contributed by atoms with van der Waals surface area (Å²) >= 11 is 6.69. The number of hydrogen-bond donors (Lipinski definition) is 3. The van der Waals surface area contributed by atoms with Crippen LogP contribution in [0.5, 0.6) is 0 Å². The lowest BCUT2D eigenvalue weighted by atomic mass is 9.77. The highest BCUT2D eigenvalue weighted by molar-refractivity contribution is 6.34. The zero-order valence-corrected chi connectivity index (χ0v) is 37.9. The average molecular weight is 883 g/mol. The summed E-state index contributed by atoms with van der Waals surface area (Å²) in [5, 5.41) is 17.2. The normalized spacial score (nSPS) is 18.5. The molecule has 1 saturated carbocycles. The fourth-order valence-electron chi connectivity index (χ4n) is 8.01. The van der Waals surface area contributed by atoms with Crippen molar-refractivity contribution in [2.75, 3.05) is 31.6 Å². The van der Waals surface area contributed by atoms with E-state index in [0.29, 0.717) is 80.5 Å². The first-order valence-electron chi connectivity index (χ1n) is 21.9. The fourth-order valence-corrected chi connectivity index (χ4v) is 8.28. The van der Waals surface area contributed by atoms with E-state index in [1.54, 1.807) is 29.2 Å². The third-order valence-electron chi connectivity index (χ3n) is 11.4. The van der Waals surface area contributed by atoms with Gasteiger partial charge in [-0.15, -0.1) is 5.11 Å². The van der Waals surface area contributed by atoms with E-state index < -0.39 is 23.2 Å². The Morgan fingerprint density at radius 2 is 1.43 bits per heavy atom. The van der Waals surface area contributed by atoms with E-state index >= 15 is 0 Å². The molecule has 63 heavy (non-hydrogen) atoms. The predicted molar refractivity (Wildman–Crippen MR) is 243 cm³/mol. The molecule has 3 aliphatic rings. The van der Waals surface area contributed by atoms with Gasteiger partial charge in [0.2, 0.25) is 5.91 Å². The summed E-state index contributed by atoms with van der Waals surface area (Å²) in [6, 6.07) is 20.3. The van der Waals surface area contributed by atoms with Gasteiger partial charge in [-0.05, 0) is 145 Å². The van der Waals surface area contributed by atoms with Crippen molar-refractivity contribution in [3.05, 3.63) is 88.4 Å². The summed E-state index contributed by atoms with van der Waals surface area (Å²) in [7, 11) is 0. The van der Waals surface area contributed by atoms with Crippen LogP contribution < -0.4 is 16.0 Å². The second-order valence-electron chi connectivity index (χ2n) is 18.7. The Kier molecular flexibility index (Phi) is 15.4. The monoisotopic (exact) mass is 881 g/mol. The van der Waals surface area contributed by atoms with E-state index in [0.717, 1.165) is 35.1 Å². The van der Waals surface area contributed by atoms with Gasteiger partial charge in [-0.2, -0.15) is 5.11 Å². The van der Waals surface area contributed by atoms with E-state index in [9.17, 15) is 24.0 Å². The summed E-state index contributed by atoms with van der Waals surface area (Å²) in [4.78, 5) is 71.6. The molecule has 2 aliphatic heterocycles. The molecule has 15 heteroatoms. The molecule has 0 radical (unpaired) electrons. The van der Waals surface area contributed by atoms with E-state index in [2.05, 4.69) is 31.2 Å². The van der Waals surface area contributed by atoms with E-state index in [4.69, 9.17) is 21.1 Å². The van der Waals surface area contributed by atoms with E-state index in [-0.39, 0.29) is 48.0 Å². The number of piperidine rings is 1. The van der Waals surface area contributed by atoms with Crippen LogP contribution in [0.2, 0.25) is 5.02 Å². The van der Waals surface area contributed by atoms with Gasteiger partial charge in [0.1, 0.15) is 17.0 Å². The van der Waals surface area contributed by atoms with Crippen LogP contribution in [0.25, 0.3) is 11.1 Å². The Balaban J connectivity index is 1.07. The highest BCUT2D eigenvalue weighted by Crippen LogP contribution is 2.32. The number of Topliss-reactive ketones (excluding diaryl/α,β-unsaturated/α-hetero) is 1. The third kappa shape index (κ3) is 13.9. The topological polar surface area (TPSA) is 180 Å². The van der Waals surface area contributed by atoms with Gasteiger partial charge in [-0.3, -0.25) is 14.4 Å². The lowest BCUT2D eigenvalue weighted by Crippen LogP contribution is -2.47. The number of carbonyl (C=O) groups is 5. The number of ether oxygens (including phenoxy) is 2. The van der Waals surface area contributed by atoms with Crippen LogP contribution in [0, 0.1) is 17.8 Å². The number of anilines is 1. The number of likely N-dealkylation sites (tertiary alicyclic amines) is 1. The van der Waals surface area contributed by atoms with Gasteiger partial charge in [0.15, 0.2) is 12.5 Å². The molecule has 2 heterocycles. The van der Waals surface area contributed by atoms with Gasteiger partial charge in [0, 0.05) is 55.2 Å². The van der Waals surface area contributed by atoms with Gasteiger partial charge in [0.25, 0.3) is 5.91 Å². The maximum Gasteiger partial charge on any atom is 0.410 e. The van der Waals surface area contributed by atoms with Crippen molar-refractivity contribution < 1.29 is 33.4 Å². The molecule has 2 fully saturated rings. The van der Waals surface area contributed by atoms with Crippen LogP contribution in [-0.2, 0) is 25.5 Å². The van der Waals surface area contributed by atoms with Crippen molar-refractivity contribution in [2.24, 2.45) is 33.0 Å². The number of rotatable bonds is 13. The number of ketones is 1. The van der Waals surface area contributed by atoms with Crippen LogP contribution in [0.3, 0.4) is 0 Å². The number of benzene rings is 3. The number of aliphatic imine (C=N–C) groups is 1. The van der Waals surface area contributed by atoms with Crippen LogP contribution in [0.15, 0.2) is 82.0 Å². The Labute approximate surface area is 375 Å². The van der Waals surface area contributed by atoms with Gasteiger partial charge >= 0.3 is 12.2 Å². The van der Waals surface area contributed by atoms with Crippen molar-refractivity contribution in [2.45, 2.75) is 110 Å². The minimum Gasteiger partial charge on any atom is -0.444 e. The standard InChI is InChI=1S/C48H60ClN7O7/c1-47(2,3)62-45(60)50-28-31-9-13-33(14-10-31)41(57)27-36(43(58)53-37-18-15-34(16-19-37)42-51-29-52-55-42)25-30-7-11-32(12-8-30)35-17-20-39(40(49)26-35)44(59)54-38-21-23-56(24-22-38)46(61)63-48(4,5)6/h7-8,11-12,15-20,26,31,33,36,38H,9-10,13-14,21-25,27-29H2,1-6H3,(H,50,60)(H,53,58)(H,54,59)/t31?,33?,36-/m1/s1. The molecule has 1 aliphatic carbocycles. The Hall–Kier alpha value is -5.63. The van der Waals surface area contributed by atoms with Gasteiger partial charge in [0.05, 0.1) is 10.6 Å². The molecule has 0 aromatic heterocycles. The number of carbonyl (C=O) groups excluding carboxylic acids is 5. The molecule has 1 saturated heterocycles.